The van der Waals surface area contributed by atoms with Gasteiger partial charge in [0, 0.05) is 24.3 Å². The Morgan fingerprint density at radius 1 is 1.19 bits per heavy atom. The third kappa shape index (κ3) is 2.76. The Labute approximate surface area is 124 Å². The summed E-state index contributed by atoms with van der Waals surface area (Å²) in [7, 11) is 1.68. The normalized spacial score (nSPS) is 11.0. The van der Waals surface area contributed by atoms with Crippen LogP contribution in [0.5, 0.6) is 5.75 Å². The van der Waals surface area contributed by atoms with E-state index in [-0.39, 0.29) is 0 Å². The van der Waals surface area contributed by atoms with Gasteiger partial charge < -0.3 is 15.0 Å². The van der Waals surface area contributed by atoms with Gasteiger partial charge in [-0.2, -0.15) is 0 Å². The van der Waals surface area contributed by atoms with Gasteiger partial charge in [0.2, 0.25) is 0 Å². The Balaban J connectivity index is 1.95. The van der Waals surface area contributed by atoms with Gasteiger partial charge in [-0.25, -0.2) is 4.98 Å². The lowest BCUT2D eigenvalue weighted by atomic mass is 10.2. The lowest BCUT2D eigenvalue weighted by molar-refractivity contribution is 0.414. The maximum absolute atomic E-state index is 5.70. The van der Waals surface area contributed by atoms with Crippen molar-refractivity contribution in [3.63, 3.8) is 0 Å². The first kappa shape index (κ1) is 13.6. The van der Waals surface area contributed by atoms with E-state index < -0.39 is 0 Å². The Morgan fingerprint density at radius 2 is 2.00 bits per heavy atom. The second-order valence-corrected chi connectivity index (χ2v) is 5.04. The maximum Gasteiger partial charge on any atom is 0.140 e. The van der Waals surface area contributed by atoms with Crippen LogP contribution in [0, 0.1) is 0 Å². The highest BCUT2D eigenvalue weighted by Crippen LogP contribution is 2.21. The van der Waals surface area contributed by atoms with Gasteiger partial charge in [-0.05, 0) is 48.4 Å². The Morgan fingerprint density at radius 3 is 2.71 bits per heavy atom. The Hall–Kier alpha value is -2.33. The van der Waals surface area contributed by atoms with Gasteiger partial charge in [0.15, 0.2) is 0 Å². The number of ether oxygens (including phenoxy) is 1. The predicted molar refractivity (Wildman–Crippen MR) is 84.6 cm³/mol. The molecule has 0 aliphatic heterocycles. The molecule has 0 radical (unpaired) electrons. The molecule has 0 bridgehead atoms. The molecule has 2 aromatic heterocycles. The molecule has 0 unspecified atom stereocenters. The van der Waals surface area contributed by atoms with Crippen LogP contribution < -0.4 is 10.5 Å². The van der Waals surface area contributed by atoms with Crippen molar-refractivity contribution >= 4 is 11.0 Å². The second-order valence-electron chi connectivity index (χ2n) is 5.04. The summed E-state index contributed by atoms with van der Waals surface area (Å²) < 4.78 is 7.38. The van der Waals surface area contributed by atoms with Crippen molar-refractivity contribution in [1.82, 2.24) is 9.55 Å². The highest BCUT2D eigenvalue weighted by atomic mass is 16.5. The molecular weight excluding hydrogens is 262 g/mol. The average molecular weight is 281 g/mol. The monoisotopic (exact) mass is 281 g/mol. The summed E-state index contributed by atoms with van der Waals surface area (Å²) >= 11 is 0. The molecule has 2 heterocycles. The van der Waals surface area contributed by atoms with E-state index in [1.54, 1.807) is 7.11 Å². The molecule has 0 aliphatic carbocycles. The fraction of sp³-hybridized carbons (Fsp3) is 0.235. The molecule has 3 rings (SSSR count). The number of pyridine rings is 1. The van der Waals surface area contributed by atoms with Crippen LogP contribution in [0.2, 0.25) is 0 Å². The smallest absolute Gasteiger partial charge is 0.140 e. The van der Waals surface area contributed by atoms with Gasteiger partial charge in [-0.1, -0.05) is 12.1 Å². The number of hydrogen-bond acceptors (Lipinski definition) is 3. The van der Waals surface area contributed by atoms with Crippen molar-refractivity contribution in [1.29, 1.82) is 0 Å². The zero-order chi connectivity index (χ0) is 14.7. The van der Waals surface area contributed by atoms with Crippen molar-refractivity contribution in [3.8, 4) is 5.75 Å². The van der Waals surface area contributed by atoms with E-state index in [0.717, 1.165) is 24.4 Å². The first-order chi connectivity index (χ1) is 10.3. The van der Waals surface area contributed by atoms with E-state index in [9.17, 15) is 0 Å². The minimum atomic E-state index is 0.649. The molecule has 1 aromatic carbocycles. The predicted octanol–water partition coefficient (Wildman–Crippen LogP) is 2.59. The Bertz CT molecular complexity index is 731. The van der Waals surface area contributed by atoms with Gasteiger partial charge in [0.05, 0.1) is 7.11 Å². The van der Waals surface area contributed by atoms with Crippen LogP contribution in [-0.4, -0.2) is 23.2 Å². The van der Waals surface area contributed by atoms with E-state index in [0.29, 0.717) is 6.54 Å². The largest absolute Gasteiger partial charge is 0.497 e. The number of benzene rings is 1. The van der Waals surface area contributed by atoms with Crippen LogP contribution in [0.1, 0.15) is 11.1 Å². The average Bonchev–Trinajstić information content (AvgIpc) is 2.87. The zero-order valence-electron chi connectivity index (χ0n) is 12.1. The van der Waals surface area contributed by atoms with E-state index >= 15 is 0 Å². The van der Waals surface area contributed by atoms with Crippen molar-refractivity contribution < 1.29 is 4.74 Å². The van der Waals surface area contributed by atoms with Crippen LogP contribution in [0.4, 0.5) is 0 Å². The number of methoxy groups -OCH3 is 1. The van der Waals surface area contributed by atoms with Crippen molar-refractivity contribution in [2.24, 2.45) is 5.73 Å². The highest BCUT2D eigenvalue weighted by Gasteiger charge is 2.09. The zero-order valence-corrected chi connectivity index (χ0v) is 12.1. The van der Waals surface area contributed by atoms with E-state index in [1.165, 1.54) is 16.5 Å². The van der Waals surface area contributed by atoms with Gasteiger partial charge in [-0.3, -0.25) is 0 Å². The SMILES string of the molecule is COc1ccc(Cn2cc(CCN)c3cccnc32)cc1. The minimum absolute atomic E-state index is 0.649. The van der Waals surface area contributed by atoms with Gasteiger partial charge >= 0.3 is 0 Å². The molecule has 0 saturated heterocycles. The summed E-state index contributed by atoms with van der Waals surface area (Å²) in [5.41, 5.74) is 9.19. The summed E-state index contributed by atoms with van der Waals surface area (Å²) in [6.45, 7) is 1.44. The fourth-order valence-corrected chi connectivity index (χ4v) is 2.60. The summed E-state index contributed by atoms with van der Waals surface area (Å²) in [5.74, 6) is 0.873. The first-order valence-corrected chi connectivity index (χ1v) is 7.07. The van der Waals surface area contributed by atoms with E-state index in [4.69, 9.17) is 10.5 Å². The van der Waals surface area contributed by atoms with Crippen molar-refractivity contribution in [2.75, 3.05) is 13.7 Å². The molecule has 0 fully saturated rings. The third-order valence-corrected chi connectivity index (χ3v) is 3.64. The molecule has 0 spiro atoms. The van der Waals surface area contributed by atoms with Crippen LogP contribution in [0.25, 0.3) is 11.0 Å². The lowest BCUT2D eigenvalue weighted by Crippen LogP contribution is -2.02. The number of rotatable bonds is 5. The van der Waals surface area contributed by atoms with Crippen LogP contribution in [0.3, 0.4) is 0 Å². The molecular formula is C17H19N3O. The minimum Gasteiger partial charge on any atom is -0.497 e. The molecule has 108 valence electrons. The summed E-state index contributed by atoms with van der Waals surface area (Å²) in [5, 5.41) is 1.19. The molecule has 2 N–H and O–H groups in total. The lowest BCUT2D eigenvalue weighted by Gasteiger charge is -2.06. The summed E-state index contributed by atoms with van der Waals surface area (Å²) in [4.78, 5) is 4.51. The summed E-state index contributed by atoms with van der Waals surface area (Å²) in [6.07, 6.45) is 4.87. The number of aromatic nitrogens is 2. The standard InChI is InChI=1S/C17H19N3O/c1-21-15-6-4-13(5-7-15)11-20-12-14(8-9-18)16-3-2-10-19-17(16)20/h2-7,10,12H,8-9,11,18H2,1H3. The van der Waals surface area contributed by atoms with Gasteiger partial charge in [0.25, 0.3) is 0 Å². The van der Waals surface area contributed by atoms with Gasteiger partial charge in [0.1, 0.15) is 11.4 Å². The van der Waals surface area contributed by atoms with E-state index in [2.05, 4.69) is 33.9 Å². The van der Waals surface area contributed by atoms with Crippen molar-refractivity contribution in [2.45, 2.75) is 13.0 Å². The third-order valence-electron chi connectivity index (χ3n) is 3.64. The van der Waals surface area contributed by atoms with Crippen LogP contribution >= 0.6 is 0 Å². The maximum atomic E-state index is 5.70. The summed E-state index contributed by atoms with van der Waals surface area (Å²) in [6, 6.07) is 12.2. The molecule has 0 aliphatic rings. The van der Waals surface area contributed by atoms with Gasteiger partial charge in [-0.15, -0.1) is 0 Å². The number of nitrogens with zero attached hydrogens (tertiary/aromatic N) is 2. The molecule has 0 saturated carbocycles. The quantitative estimate of drug-likeness (QED) is 0.782. The molecule has 4 heteroatoms. The molecule has 0 atom stereocenters. The topological polar surface area (TPSA) is 53.1 Å². The second kappa shape index (κ2) is 5.97. The molecule has 4 nitrogen and oxygen atoms in total. The number of hydrogen-bond donors (Lipinski definition) is 1. The molecule has 21 heavy (non-hydrogen) atoms. The highest BCUT2D eigenvalue weighted by molar-refractivity contribution is 5.80. The Kier molecular flexibility index (Phi) is 3.88. The van der Waals surface area contributed by atoms with E-state index in [1.807, 2.05) is 24.4 Å². The van der Waals surface area contributed by atoms with Crippen LogP contribution in [0.15, 0.2) is 48.8 Å². The number of nitrogens with two attached hydrogens (primary N) is 1. The fourth-order valence-electron chi connectivity index (χ4n) is 2.60. The number of fused-ring (bicyclic) bond motifs is 1. The molecule has 0 amide bonds. The van der Waals surface area contributed by atoms with Crippen molar-refractivity contribution in [3.05, 3.63) is 59.9 Å². The molecule has 3 aromatic rings. The first-order valence-electron chi connectivity index (χ1n) is 7.07. The van der Waals surface area contributed by atoms with Crippen LogP contribution in [-0.2, 0) is 13.0 Å².